The highest BCUT2D eigenvalue weighted by atomic mass is 19.1. The summed E-state index contributed by atoms with van der Waals surface area (Å²) >= 11 is 0. The van der Waals surface area contributed by atoms with Crippen LogP contribution in [0.3, 0.4) is 0 Å². The number of nitrogens with zero attached hydrogens (tertiary/aromatic N) is 4. The van der Waals surface area contributed by atoms with Crippen LogP contribution in [0.25, 0.3) is 16.9 Å². The summed E-state index contributed by atoms with van der Waals surface area (Å²) < 4.78 is 29.1. The number of halogens is 2. The minimum absolute atomic E-state index is 0.126. The van der Waals surface area contributed by atoms with Crippen molar-refractivity contribution in [1.82, 2.24) is 19.7 Å². The number of hydrogen-bond donors (Lipinski definition) is 2. The lowest BCUT2D eigenvalue weighted by molar-refractivity contribution is -0.714. The number of anilines is 1. The van der Waals surface area contributed by atoms with Crippen molar-refractivity contribution >= 4 is 22.5 Å². The Hall–Kier alpha value is -3.47. The molecule has 28 heavy (non-hydrogen) atoms. The van der Waals surface area contributed by atoms with Crippen LogP contribution in [-0.4, -0.2) is 19.7 Å². The van der Waals surface area contributed by atoms with E-state index < -0.39 is 16.9 Å². The second kappa shape index (κ2) is 6.93. The minimum atomic E-state index is -1.46. The molecule has 0 spiro atoms. The molecule has 8 nitrogen and oxygen atoms in total. The van der Waals surface area contributed by atoms with Gasteiger partial charge in [0, 0.05) is 18.6 Å². The third-order valence-electron chi connectivity index (χ3n) is 4.22. The van der Waals surface area contributed by atoms with Gasteiger partial charge in [-0.2, -0.15) is 5.10 Å². The molecule has 0 fully saturated rings. The predicted molar refractivity (Wildman–Crippen MR) is 97.6 cm³/mol. The van der Waals surface area contributed by atoms with Crippen LogP contribution in [0.5, 0.6) is 0 Å². The number of rotatable bonds is 4. The molecule has 0 amide bonds. The van der Waals surface area contributed by atoms with E-state index in [-0.39, 0.29) is 23.7 Å². The Balaban J connectivity index is 1.86. The molecule has 0 saturated heterocycles. The topological polar surface area (TPSA) is 120 Å². The molecule has 4 rings (SSSR count). The van der Waals surface area contributed by atoms with Crippen molar-refractivity contribution in [3.05, 3.63) is 82.0 Å². The maximum atomic E-state index is 14.0. The number of nitrogen functional groups attached to an aromatic ring is 1. The van der Waals surface area contributed by atoms with Gasteiger partial charge in [-0.15, -0.1) is 0 Å². The fourth-order valence-corrected chi connectivity index (χ4v) is 2.90. The summed E-state index contributed by atoms with van der Waals surface area (Å²) in [6.07, 6.45) is 1.17. The summed E-state index contributed by atoms with van der Waals surface area (Å²) in [5, 5.41) is 25.0. The van der Waals surface area contributed by atoms with Crippen LogP contribution in [0.2, 0.25) is 0 Å². The Kier molecular flexibility index (Phi) is 4.43. The molecule has 3 aromatic heterocycles. The van der Waals surface area contributed by atoms with Crippen LogP contribution in [0.15, 0.2) is 48.7 Å². The van der Waals surface area contributed by atoms with Crippen LogP contribution in [-0.2, 0) is 6.42 Å². The zero-order chi connectivity index (χ0) is 19.8. The number of nitrogens with two attached hydrogens (primary N) is 1. The average Bonchev–Trinajstić information content (AvgIpc) is 3.00. The molecule has 0 bridgehead atoms. The van der Waals surface area contributed by atoms with Gasteiger partial charge in [0.05, 0.1) is 17.4 Å². The molecule has 0 unspecified atom stereocenters. The molecular formula is C18H13F2N6O2-. The first-order valence-corrected chi connectivity index (χ1v) is 8.19. The van der Waals surface area contributed by atoms with Crippen LogP contribution >= 0.6 is 0 Å². The Morgan fingerprint density at radius 3 is 2.61 bits per heavy atom. The molecule has 10 heteroatoms. The maximum Gasteiger partial charge on any atom is 0.188 e. The van der Waals surface area contributed by atoms with Gasteiger partial charge in [0.25, 0.3) is 0 Å². The Morgan fingerprint density at radius 1 is 1.11 bits per heavy atom. The summed E-state index contributed by atoms with van der Waals surface area (Å²) in [5.41, 5.74) is 6.87. The highest BCUT2D eigenvalue weighted by molar-refractivity contribution is 5.79. The Bertz CT molecular complexity index is 1180. The van der Waals surface area contributed by atoms with Gasteiger partial charge < -0.3 is 21.4 Å². The fourth-order valence-electron chi connectivity index (χ4n) is 2.90. The van der Waals surface area contributed by atoms with E-state index in [0.717, 1.165) is 6.20 Å². The SMILES string of the molecule is Nc1nc(-n2nc(Cc3ccccc3F)c3ncc(F)cc32)ccc1[NH+]([O-])[O-]. The number of benzene rings is 1. The van der Waals surface area contributed by atoms with E-state index >= 15 is 0 Å². The zero-order valence-corrected chi connectivity index (χ0v) is 14.3. The quantitative estimate of drug-likeness (QED) is 0.518. The number of aromatic nitrogens is 4. The summed E-state index contributed by atoms with van der Waals surface area (Å²) in [5.74, 6) is -1.08. The number of nitrogens with one attached hydrogen (secondary N) is 1. The lowest BCUT2D eigenvalue weighted by Gasteiger charge is -2.25. The summed E-state index contributed by atoms with van der Waals surface area (Å²) in [6, 6.07) is 10.0. The third-order valence-corrected chi connectivity index (χ3v) is 4.22. The van der Waals surface area contributed by atoms with Gasteiger partial charge in [-0.3, -0.25) is 0 Å². The average molecular weight is 383 g/mol. The van der Waals surface area contributed by atoms with Crippen molar-refractivity contribution in [2.45, 2.75) is 6.42 Å². The molecule has 3 heterocycles. The number of pyridine rings is 2. The lowest BCUT2D eigenvalue weighted by Crippen LogP contribution is -2.96. The van der Waals surface area contributed by atoms with E-state index in [1.54, 1.807) is 18.2 Å². The van der Waals surface area contributed by atoms with E-state index in [2.05, 4.69) is 15.1 Å². The van der Waals surface area contributed by atoms with Gasteiger partial charge in [0.2, 0.25) is 0 Å². The van der Waals surface area contributed by atoms with Gasteiger partial charge in [0.1, 0.15) is 17.2 Å². The normalized spacial score (nSPS) is 11.5. The second-order valence-corrected chi connectivity index (χ2v) is 6.04. The first kappa shape index (κ1) is 17.9. The zero-order valence-electron chi connectivity index (χ0n) is 14.3. The van der Waals surface area contributed by atoms with Crippen LogP contribution < -0.4 is 11.0 Å². The molecule has 0 radical (unpaired) electrons. The monoisotopic (exact) mass is 383 g/mol. The fraction of sp³-hybridized carbons (Fsp3) is 0.0556. The van der Waals surface area contributed by atoms with Crippen LogP contribution in [0.4, 0.5) is 20.3 Å². The molecule has 0 saturated carbocycles. The number of hydrogen-bond acceptors (Lipinski definition) is 6. The van der Waals surface area contributed by atoms with Crippen molar-refractivity contribution in [3.8, 4) is 5.82 Å². The smallest absolute Gasteiger partial charge is 0.188 e. The Labute approximate surface area is 157 Å². The first-order chi connectivity index (χ1) is 13.4. The highest BCUT2D eigenvalue weighted by Gasteiger charge is 2.17. The van der Waals surface area contributed by atoms with Gasteiger partial charge >= 0.3 is 0 Å². The number of fused-ring (bicyclic) bond motifs is 1. The van der Waals surface area contributed by atoms with Crippen molar-refractivity contribution < 1.29 is 14.0 Å². The predicted octanol–water partition coefficient (Wildman–Crippen LogP) is 1.78. The second-order valence-electron chi connectivity index (χ2n) is 6.04. The minimum Gasteiger partial charge on any atom is -0.628 e. The van der Waals surface area contributed by atoms with E-state index in [4.69, 9.17) is 5.73 Å². The summed E-state index contributed by atoms with van der Waals surface area (Å²) in [6.45, 7) is 0. The third kappa shape index (κ3) is 3.16. The highest BCUT2D eigenvalue weighted by Crippen LogP contribution is 2.24. The van der Waals surface area contributed by atoms with Crippen molar-refractivity contribution in [2.24, 2.45) is 0 Å². The van der Waals surface area contributed by atoms with Crippen molar-refractivity contribution in [3.63, 3.8) is 0 Å². The van der Waals surface area contributed by atoms with Gasteiger partial charge in [-0.05, 0) is 17.7 Å². The number of quaternary nitrogens is 1. The van der Waals surface area contributed by atoms with E-state index in [1.165, 1.54) is 28.9 Å². The molecule has 1 aromatic carbocycles. The standard InChI is InChI=1S/C18H13F2N6O2/c19-11-8-15-17(22-9-11)13(7-10-3-1-2-4-12(10)20)24-25(15)16-6-5-14(26(27)28)18(21)23-16/h1-6,8-9,26H,7H2,(H2,21,23)/q-1. The van der Waals surface area contributed by atoms with Crippen LogP contribution in [0, 0.1) is 22.0 Å². The first-order valence-electron chi connectivity index (χ1n) is 8.19. The molecule has 4 aromatic rings. The maximum absolute atomic E-state index is 14.0. The molecular weight excluding hydrogens is 370 g/mol. The molecule has 0 aliphatic heterocycles. The molecule has 0 atom stereocenters. The van der Waals surface area contributed by atoms with E-state index in [9.17, 15) is 19.2 Å². The molecule has 142 valence electrons. The lowest BCUT2D eigenvalue weighted by atomic mass is 10.1. The van der Waals surface area contributed by atoms with Gasteiger partial charge in [-0.1, -0.05) is 18.2 Å². The van der Waals surface area contributed by atoms with Crippen molar-refractivity contribution in [2.75, 3.05) is 5.73 Å². The molecule has 0 aliphatic carbocycles. The molecule has 0 aliphatic rings. The summed E-state index contributed by atoms with van der Waals surface area (Å²) in [4.78, 5) is 8.09. The van der Waals surface area contributed by atoms with Crippen molar-refractivity contribution in [1.29, 1.82) is 0 Å². The van der Waals surface area contributed by atoms with Gasteiger partial charge in [-0.25, -0.2) is 23.4 Å². The largest absolute Gasteiger partial charge is 0.628 e. The van der Waals surface area contributed by atoms with E-state index in [1.807, 2.05) is 0 Å². The summed E-state index contributed by atoms with van der Waals surface area (Å²) in [7, 11) is 0. The van der Waals surface area contributed by atoms with Crippen LogP contribution in [0.1, 0.15) is 11.3 Å². The Morgan fingerprint density at radius 2 is 1.89 bits per heavy atom. The van der Waals surface area contributed by atoms with E-state index in [0.29, 0.717) is 22.3 Å². The van der Waals surface area contributed by atoms with Gasteiger partial charge in [0.15, 0.2) is 17.3 Å². The molecule has 3 N–H and O–H groups in total.